The average molecular weight is 400 g/mol. The summed E-state index contributed by atoms with van der Waals surface area (Å²) in [6, 6.07) is 3.99. The standard InChI is InChI=1S/C21H28N4O4/c1-15-13-17(6-7-18(15)25(28)29)20(26)24-8-2-3-19(24)21(27)23-11-9-22(10-12-23)14-16-4-5-16/h6-7,13,16,19H,2-5,8-12,14H2,1H3. The minimum Gasteiger partial charge on any atom is -0.338 e. The van der Waals surface area contributed by atoms with E-state index in [-0.39, 0.29) is 17.5 Å². The molecule has 4 rings (SSSR count). The summed E-state index contributed by atoms with van der Waals surface area (Å²) >= 11 is 0. The summed E-state index contributed by atoms with van der Waals surface area (Å²) < 4.78 is 0. The van der Waals surface area contributed by atoms with Gasteiger partial charge in [0.15, 0.2) is 0 Å². The number of hydrogen-bond donors (Lipinski definition) is 0. The van der Waals surface area contributed by atoms with Crippen molar-refractivity contribution in [3.63, 3.8) is 0 Å². The molecule has 156 valence electrons. The summed E-state index contributed by atoms with van der Waals surface area (Å²) in [7, 11) is 0. The van der Waals surface area contributed by atoms with Crippen molar-refractivity contribution < 1.29 is 14.5 Å². The molecule has 2 aliphatic heterocycles. The highest BCUT2D eigenvalue weighted by Gasteiger charge is 2.38. The van der Waals surface area contributed by atoms with Gasteiger partial charge in [0.2, 0.25) is 5.91 Å². The van der Waals surface area contributed by atoms with E-state index in [0.717, 1.165) is 45.1 Å². The first-order valence-corrected chi connectivity index (χ1v) is 10.5. The molecular formula is C21H28N4O4. The van der Waals surface area contributed by atoms with E-state index in [2.05, 4.69) is 4.90 Å². The molecule has 2 heterocycles. The second kappa shape index (κ2) is 8.10. The Morgan fingerprint density at radius 2 is 1.83 bits per heavy atom. The number of carbonyl (C=O) groups excluding carboxylic acids is 2. The number of likely N-dealkylation sites (tertiary alicyclic amines) is 1. The number of carbonyl (C=O) groups is 2. The quantitative estimate of drug-likeness (QED) is 0.558. The lowest BCUT2D eigenvalue weighted by atomic mass is 10.1. The van der Waals surface area contributed by atoms with Crippen LogP contribution in [0, 0.1) is 23.0 Å². The Morgan fingerprint density at radius 3 is 2.45 bits per heavy atom. The van der Waals surface area contributed by atoms with Crippen LogP contribution in [0.1, 0.15) is 41.6 Å². The lowest BCUT2D eigenvalue weighted by molar-refractivity contribution is -0.385. The largest absolute Gasteiger partial charge is 0.338 e. The summed E-state index contributed by atoms with van der Waals surface area (Å²) in [6.07, 6.45) is 4.15. The van der Waals surface area contributed by atoms with Crippen LogP contribution in [0.15, 0.2) is 18.2 Å². The summed E-state index contributed by atoms with van der Waals surface area (Å²) in [5, 5.41) is 11.0. The van der Waals surface area contributed by atoms with Crippen LogP contribution in [0.5, 0.6) is 0 Å². The van der Waals surface area contributed by atoms with Crippen LogP contribution >= 0.6 is 0 Å². The predicted molar refractivity (Wildman–Crippen MR) is 108 cm³/mol. The van der Waals surface area contributed by atoms with Gasteiger partial charge in [-0.3, -0.25) is 24.6 Å². The molecule has 29 heavy (non-hydrogen) atoms. The Balaban J connectivity index is 1.40. The molecule has 3 aliphatic rings. The Hall–Kier alpha value is -2.48. The SMILES string of the molecule is Cc1cc(C(=O)N2CCCC2C(=O)N2CCN(CC3CC3)CC2)ccc1[N+](=O)[O-]. The van der Waals surface area contributed by atoms with Gasteiger partial charge in [0.1, 0.15) is 6.04 Å². The number of aryl methyl sites for hydroxylation is 1. The molecule has 2 amide bonds. The molecule has 0 aromatic heterocycles. The third-order valence-electron chi connectivity index (χ3n) is 6.34. The Kier molecular flexibility index (Phi) is 5.54. The Morgan fingerprint density at radius 1 is 1.10 bits per heavy atom. The van der Waals surface area contributed by atoms with E-state index in [0.29, 0.717) is 24.1 Å². The predicted octanol–water partition coefficient (Wildman–Crippen LogP) is 2.06. The van der Waals surface area contributed by atoms with Crippen molar-refractivity contribution in [3.05, 3.63) is 39.4 Å². The summed E-state index contributed by atoms with van der Waals surface area (Å²) in [5.74, 6) is 0.678. The number of piperazine rings is 1. The summed E-state index contributed by atoms with van der Waals surface area (Å²) in [5.41, 5.74) is 0.858. The van der Waals surface area contributed by atoms with Crippen LogP contribution < -0.4 is 0 Å². The highest BCUT2D eigenvalue weighted by molar-refractivity contribution is 5.98. The number of nitrogens with zero attached hydrogens (tertiary/aromatic N) is 4. The van der Waals surface area contributed by atoms with Crippen molar-refractivity contribution in [2.75, 3.05) is 39.3 Å². The molecule has 0 N–H and O–H groups in total. The van der Waals surface area contributed by atoms with Gasteiger partial charge < -0.3 is 9.80 Å². The molecule has 1 atom stereocenters. The molecule has 0 bridgehead atoms. The maximum absolute atomic E-state index is 13.1. The van der Waals surface area contributed by atoms with Crippen LogP contribution in [-0.2, 0) is 4.79 Å². The minimum absolute atomic E-state index is 0.000308. The zero-order chi connectivity index (χ0) is 20.5. The molecule has 2 saturated heterocycles. The lowest BCUT2D eigenvalue weighted by Crippen LogP contribution is -2.54. The topological polar surface area (TPSA) is 87.0 Å². The fraction of sp³-hybridized carbons (Fsp3) is 0.619. The average Bonchev–Trinajstić information content (AvgIpc) is 3.39. The second-order valence-corrected chi connectivity index (χ2v) is 8.48. The van der Waals surface area contributed by atoms with Gasteiger partial charge in [-0.25, -0.2) is 0 Å². The summed E-state index contributed by atoms with van der Waals surface area (Å²) in [4.78, 5) is 42.7. The zero-order valence-electron chi connectivity index (χ0n) is 16.9. The van der Waals surface area contributed by atoms with E-state index in [1.54, 1.807) is 17.9 Å². The molecular weight excluding hydrogens is 372 g/mol. The molecule has 0 radical (unpaired) electrons. The van der Waals surface area contributed by atoms with Gasteiger partial charge in [-0.2, -0.15) is 0 Å². The lowest BCUT2D eigenvalue weighted by Gasteiger charge is -2.37. The van der Waals surface area contributed by atoms with E-state index in [9.17, 15) is 19.7 Å². The third-order valence-corrected chi connectivity index (χ3v) is 6.34. The van der Waals surface area contributed by atoms with Crippen molar-refractivity contribution in [1.82, 2.24) is 14.7 Å². The first-order valence-electron chi connectivity index (χ1n) is 10.5. The van der Waals surface area contributed by atoms with Gasteiger partial charge in [-0.1, -0.05) is 0 Å². The van der Waals surface area contributed by atoms with Gasteiger partial charge in [0, 0.05) is 56.5 Å². The number of nitro benzene ring substituents is 1. The number of amides is 2. The van der Waals surface area contributed by atoms with Gasteiger partial charge in [0.25, 0.3) is 11.6 Å². The van der Waals surface area contributed by atoms with Gasteiger partial charge >= 0.3 is 0 Å². The van der Waals surface area contributed by atoms with Crippen molar-refractivity contribution in [2.45, 2.75) is 38.6 Å². The van der Waals surface area contributed by atoms with Crippen molar-refractivity contribution in [1.29, 1.82) is 0 Å². The molecule has 1 aromatic rings. The van der Waals surface area contributed by atoms with E-state index in [4.69, 9.17) is 0 Å². The second-order valence-electron chi connectivity index (χ2n) is 8.48. The highest BCUT2D eigenvalue weighted by Crippen LogP contribution is 2.30. The van der Waals surface area contributed by atoms with Crippen molar-refractivity contribution in [2.24, 2.45) is 5.92 Å². The molecule has 0 spiro atoms. The zero-order valence-corrected chi connectivity index (χ0v) is 16.9. The van der Waals surface area contributed by atoms with Gasteiger partial charge in [-0.05, 0) is 50.7 Å². The fourth-order valence-corrected chi connectivity index (χ4v) is 4.45. The molecule has 3 fully saturated rings. The number of nitro groups is 1. The van der Waals surface area contributed by atoms with E-state index in [1.807, 2.05) is 4.90 Å². The highest BCUT2D eigenvalue weighted by atomic mass is 16.6. The van der Waals surface area contributed by atoms with Crippen LogP contribution in [0.3, 0.4) is 0 Å². The molecule has 8 heteroatoms. The van der Waals surface area contributed by atoms with Gasteiger partial charge in [0.05, 0.1) is 4.92 Å². The van der Waals surface area contributed by atoms with Crippen LogP contribution in [-0.4, -0.2) is 76.7 Å². The van der Waals surface area contributed by atoms with E-state index < -0.39 is 11.0 Å². The fourth-order valence-electron chi connectivity index (χ4n) is 4.45. The Labute approximate surface area is 170 Å². The first kappa shape index (κ1) is 19.8. The van der Waals surface area contributed by atoms with Crippen molar-refractivity contribution in [3.8, 4) is 0 Å². The normalized spacial score (nSPS) is 22.7. The van der Waals surface area contributed by atoms with Crippen LogP contribution in [0.25, 0.3) is 0 Å². The molecule has 1 saturated carbocycles. The van der Waals surface area contributed by atoms with Crippen LogP contribution in [0.2, 0.25) is 0 Å². The summed E-state index contributed by atoms with van der Waals surface area (Å²) in [6.45, 7) is 6.58. The smallest absolute Gasteiger partial charge is 0.272 e. The molecule has 1 aromatic carbocycles. The number of benzene rings is 1. The molecule has 1 aliphatic carbocycles. The molecule has 8 nitrogen and oxygen atoms in total. The number of rotatable bonds is 5. The maximum Gasteiger partial charge on any atom is 0.272 e. The van der Waals surface area contributed by atoms with Crippen molar-refractivity contribution >= 4 is 17.5 Å². The van der Waals surface area contributed by atoms with Gasteiger partial charge in [-0.15, -0.1) is 0 Å². The maximum atomic E-state index is 13.1. The third kappa shape index (κ3) is 4.27. The van der Waals surface area contributed by atoms with E-state index in [1.165, 1.54) is 25.0 Å². The van der Waals surface area contributed by atoms with E-state index >= 15 is 0 Å². The monoisotopic (exact) mass is 400 g/mol. The Bertz CT molecular complexity index is 815. The first-order chi connectivity index (χ1) is 13.9. The van der Waals surface area contributed by atoms with Crippen LogP contribution in [0.4, 0.5) is 5.69 Å². The molecule has 1 unspecified atom stereocenters. The minimum atomic E-state index is -0.450. The number of hydrogen-bond acceptors (Lipinski definition) is 5.